The second kappa shape index (κ2) is 5.99. The largest absolute Gasteiger partial charge is 0.442 e. The minimum Gasteiger partial charge on any atom is -0.442 e. The number of nitrogens with one attached hydrogen (secondary N) is 1. The molecular formula is C17H18FN3O3. The van der Waals surface area contributed by atoms with Crippen molar-refractivity contribution < 1.29 is 18.7 Å². The van der Waals surface area contributed by atoms with Gasteiger partial charge in [0.1, 0.15) is 11.9 Å². The van der Waals surface area contributed by atoms with Crippen molar-refractivity contribution in [2.24, 2.45) is 11.5 Å². The summed E-state index contributed by atoms with van der Waals surface area (Å²) in [5.74, 6) is -1.22. The normalized spacial score (nSPS) is 17.6. The number of hydrogen-bond donors (Lipinski definition) is 3. The number of primary amides is 2. The Morgan fingerprint density at radius 3 is 2.75 bits per heavy atom. The van der Waals surface area contributed by atoms with Crippen molar-refractivity contribution in [1.82, 2.24) is 4.98 Å². The van der Waals surface area contributed by atoms with Crippen LogP contribution in [0.15, 0.2) is 18.2 Å². The molecule has 1 heterocycles. The van der Waals surface area contributed by atoms with E-state index in [0.29, 0.717) is 29.3 Å². The first-order chi connectivity index (χ1) is 11.4. The van der Waals surface area contributed by atoms with Crippen molar-refractivity contribution in [2.75, 3.05) is 0 Å². The highest BCUT2D eigenvalue weighted by Crippen LogP contribution is 2.36. The van der Waals surface area contributed by atoms with Crippen LogP contribution in [-0.2, 0) is 4.74 Å². The summed E-state index contributed by atoms with van der Waals surface area (Å²) in [4.78, 5) is 25.6. The fraction of sp³-hybridized carbons (Fsp3) is 0.294. The number of fused-ring (bicyclic) bond motifs is 1. The van der Waals surface area contributed by atoms with E-state index < -0.39 is 23.9 Å². The fourth-order valence-corrected chi connectivity index (χ4v) is 3.25. The quantitative estimate of drug-likeness (QED) is 0.804. The molecule has 0 saturated heterocycles. The second-order valence-electron chi connectivity index (χ2n) is 5.95. The minimum atomic E-state index is -0.857. The molecule has 1 aromatic carbocycles. The van der Waals surface area contributed by atoms with Crippen LogP contribution in [0.2, 0.25) is 0 Å². The number of amides is 2. The van der Waals surface area contributed by atoms with Crippen molar-refractivity contribution >= 4 is 28.5 Å². The molecule has 0 bridgehead atoms. The number of aryl methyl sites for hydroxylation is 1. The Labute approximate surface area is 137 Å². The van der Waals surface area contributed by atoms with Crippen LogP contribution in [0.4, 0.5) is 9.18 Å². The molecule has 0 saturated carbocycles. The minimum absolute atomic E-state index is 0.112. The highest BCUT2D eigenvalue weighted by molar-refractivity contribution is 6.08. The van der Waals surface area contributed by atoms with Crippen LogP contribution in [0.1, 0.15) is 40.9 Å². The van der Waals surface area contributed by atoms with Crippen molar-refractivity contribution in [3.8, 4) is 0 Å². The van der Waals surface area contributed by atoms with Gasteiger partial charge in [0.05, 0.1) is 11.1 Å². The molecule has 5 N–H and O–H groups in total. The number of carbonyl (C=O) groups is 2. The Hall–Kier alpha value is -2.83. The molecule has 24 heavy (non-hydrogen) atoms. The Bertz CT molecular complexity index is 870. The third-order valence-corrected chi connectivity index (χ3v) is 4.18. The number of carbonyl (C=O) groups excluding carboxylic acids is 2. The number of hydrogen-bond acceptors (Lipinski definition) is 3. The fourth-order valence-electron chi connectivity index (χ4n) is 3.25. The number of rotatable bonds is 3. The van der Waals surface area contributed by atoms with E-state index >= 15 is 0 Å². The maximum atomic E-state index is 14.7. The summed E-state index contributed by atoms with van der Waals surface area (Å²) < 4.78 is 19.7. The monoisotopic (exact) mass is 331 g/mol. The van der Waals surface area contributed by atoms with Gasteiger partial charge in [-0.05, 0) is 50.0 Å². The van der Waals surface area contributed by atoms with E-state index in [1.165, 1.54) is 0 Å². The molecule has 1 aliphatic rings. The van der Waals surface area contributed by atoms with Crippen LogP contribution in [0.3, 0.4) is 0 Å². The highest BCUT2D eigenvalue weighted by atomic mass is 19.1. The zero-order chi connectivity index (χ0) is 17.4. The number of H-pyrrole nitrogens is 1. The molecule has 0 radical (unpaired) electrons. The number of aromatic nitrogens is 1. The van der Waals surface area contributed by atoms with Gasteiger partial charge in [-0.15, -0.1) is 0 Å². The molecule has 2 amide bonds. The van der Waals surface area contributed by atoms with Crippen LogP contribution < -0.4 is 11.5 Å². The van der Waals surface area contributed by atoms with Gasteiger partial charge >= 0.3 is 6.09 Å². The van der Waals surface area contributed by atoms with Crippen LogP contribution in [-0.4, -0.2) is 23.1 Å². The number of benzene rings is 1. The molecule has 1 atom stereocenters. The molecule has 7 heteroatoms. The lowest BCUT2D eigenvalue weighted by Gasteiger charge is -2.22. The van der Waals surface area contributed by atoms with Gasteiger partial charge in [0.2, 0.25) is 0 Å². The summed E-state index contributed by atoms with van der Waals surface area (Å²) in [7, 11) is 0. The smallest absolute Gasteiger partial charge is 0.405 e. The van der Waals surface area contributed by atoms with Gasteiger partial charge < -0.3 is 21.2 Å². The summed E-state index contributed by atoms with van der Waals surface area (Å²) in [6.45, 7) is 1.82. The van der Waals surface area contributed by atoms with Gasteiger partial charge in [-0.2, -0.15) is 0 Å². The summed E-state index contributed by atoms with van der Waals surface area (Å²) in [5.41, 5.74) is 13.0. The van der Waals surface area contributed by atoms with Gasteiger partial charge in [-0.25, -0.2) is 9.18 Å². The zero-order valence-corrected chi connectivity index (χ0v) is 13.2. The topological polar surface area (TPSA) is 111 Å². The lowest BCUT2D eigenvalue weighted by molar-refractivity contribution is 0.100. The van der Waals surface area contributed by atoms with Gasteiger partial charge in [0, 0.05) is 16.6 Å². The van der Waals surface area contributed by atoms with Crippen molar-refractivity contribution in [1.29, 1.82) is 0 Å². The van der Waals surface area contributed by atoms with E-state index in [-0.39, 0.29) is 5.56 Å². The number of aromatic amines is 1. The molecule has 2 aromatic rings. The average Bonchev–Trinajstić information content (AvgIpc) is 2.86. The lowest BCUT2D eigenvalue weighted by atomic mass is 9.89. The van der Waals surface area contributed by atoms with Crippen LogP contribution >= 0.6 is 0 Å². The molecular weight excluding hydrogens is 313 g/mol. The Morgan fingerprint density at radius 1 is 1.33 bits per heavy atom. The first-order valence-corrected chi connectivity index (χ1v) is 7.65. The Morgan fingerprint density at radius 2 is 2.08 bits per heavy atom. The van der Waals surface area contributed by atoms with E-state index in [1.54, 1.807) is 12.1 Å². The second-order valence-corrected chi connectivity index (χ2v) is 5.95. The van der Waals surface area contributed by atoms with E-state index in [1.807, 2.05) is 6.92 Å². The molecule has 1 aromatic heterocycles. The lowest BCUT2D eigenvalue weighted by Crippen LogP contribution is -2.23. The molecule has 6 nitrogen and oxygen atoms in total. The predicted octanol–water partition coefficient (Wildman–Crippen LogP) is 2.75. The average molecular weight is 331 g/mol. The van der Waals surface area contributed by atoms with Crippen molar-refractivity contribution in [3.05, 3.63) is 40.8 Å². The van der Waals surface area contributed by atoms with E-state index in [2.05, 4.69) is 4.98 Å². The Kier molecular flexibility index (Phi) is 4.01. The standard InChI is InChI=1S/C17H18FN3O3/c1-8-5-11-14(9-3-2-4-10(6-9)24-17(20)23)13(18)7-12(16(19)22)15(11)21-8/h5-7,10,21H,2-4H2,1H3,(H2,19,22)(H2,20,23). The van der Waals surface area contributed by atoms with Crippen LogP contribution in [0.5, 0.6) is 0 Å². The third-order valence-electron chi connectivity index (χ3n) is 4.18. The van der Waals surface area contributed by atoms with Gasteiger partial charge in [-0.3, -0.25) is 4.79 Å². The summed E-state index contributed by atoms with van der Waals surface area (Å²) in [5, 5.41) is 0.590. The molecule has 0 spiro atoms. The van der Waals surface area contributed by atoms with E-state index in [9.17, 15) is 14.0 Å². The number of nitrogens with two attached hydrogens (primary N) is 2. The van der Waals surface area contributed by atoms with Crippen LogP contribution in [0.25, 0.3) is 16.5 Å². The SMILES string of the molecule is Cc1cc2c(C3=CC(OC(N)=O)CCC3)c(F)cc(C(N)=O)c2[nH]1. The van der Waals surface area contributed by atoms with Gasteiger partial charge in [0.25, 0.3) is 5.91 Å². The predicted molar refractivity (Wildman–Crippen MR) is 87.8 cm³/mol. The number of halogens is 1. The highest BCUT2D eigenvalue weighted by Gasteiger charge is 2.23. The van der Waals surface area contributed by atoms with Crippen LogP contribution in [0, 0.1) is 12.7 Å². The van der Waals surface area contributed by atoms with Crippen molar-refractivity contribution in [2.45, 2.75) is 32.3 Å². The van der Waals surface area contributed by atoms with Crippen molar-refractivity contribution in [3.63, 3.8) is 0 Å². The third kappa shape index (κ3) is 2.84. The maximum Gasteiger partial charge on any atom is 0.405 e. The molecule has 3 rings (SSSR count). The molecule has 1 aliphatic carbocycles. The molecule has 1 unspecified atom stereocenters. The summed E-state index contributed by atoms with van der Waals surface area (Å²) in [6, 6.07) is 2.93. The number of ether oxygens (including phenoxy) is 1. The maximum absolute atomic E-state index is 14.7. The summed E-state index contributed by atoms with van der Waals surface area (Å²) in [6.07, 6.45) is 2.42. The zero-order valence-electron chi connectivity index (χ0n) is 13.2. The summed E-state index contributed by atoms with van der Waals surface area (Å²) >= 11 is 0. The molecule has 126 valence electrons. The van der Waals surface area contributed by atoms with Gasteiger partial charge in [0.15, 0.2) is 0 Å². The molecule has 0 aliphatic heterocycles. The van der Waals surface area contributed by atoms with Gasteiger partial charge in [-0.1, -0.05) is 0 Å². The first-order valence-electron chi connectivity index (χ1n) is 7.65. The first kappa shape index (κ1) is 16.0. The Balaban J connectivity index is 2.17. The molecule has 0 fully saturated rings. The van der Waals surface area contributed by atoms with E-state index in [4.69, 9.17) is 16.2 Å². The number of allylic oxidation sites excluding steroid dienone is 1. The van der Waals surface area contributed by atoms with E-state index in [0.717, 1.165) is 23.8 Å².